The SMILES string of the molecule is N#CC1CCN(CCC(F)F)CC1. The van der Waals surface area contributed by atoms with Crippen molar-refractivity contribution in [3.8, 4) is 6.07 Å². The van der Waals surface area contributed by atoms with Crippen LogP contribution in [0.15, 0.2) is 0 Å². The number of piperidine rings is 1. The summed E-state index contributed by atoms with van der Waals surface area (Å²) >= 11 is 0. The lowest BCUT2D eigenvalue weighted by atomic mass is 9.98. The summed E-state index contributed by atoms with van der Waals surface area (Å²) in [5.74, 6) is 0.141. The van der Waals surface area contributed by atoms with E-state index in [0.29, 0.717) is 6.54 Å². The zero-order valence-corrected chi connectivity index (χ0v) is 7.55. The number of alkyl halides is 2. The summed E-state index contributed by atoms with van der Waals surface area (Å²) in [6.45, 7) is 2.06. The zero-order chi connectivity index (χ0) is 9.68. The molecule has 0 aromatic rings. The summed E-state index contributed by atoms with van der Waals surface area (Å²) in [6, 6.07) is 2.21. The van der Waals surface area contributed by atoms with Crippen molar-refractivity contribution in [2.75, 3.05) is 19.6 Å². The Balaban J connectivity index is 2.15. The van der Waals surface area contributed by atoms with Gasteiger partial charge in [-0.3, -0.25) is 0 Å². The molecule has 0 spiro atoms. The third-order valence-corrected chi connectivity index (χ3v) is 2.43. The number of nitriles is 1. The van der Waals surface area contributed by atoms with E-state index in [2.05, 4.69) is 6.07 Å². The van der Waals surface area contributed by atoms with Gasteiger partial charge in [-0.25, -0.2) is 8.78 Å². The van der Waals surface area contributed by atoms with Gasteiger partial charge in [0.1, 0.15) is 0 Å². The first kappa shape index (κ1) is 10.4. The predicted molar refractivity (Wildman–Crippen MR) is 45.4 cm³/mol. The lowest BCUT2D eigenvalue weighted by Crippen LogP contribution is -2.34. The van der Waals surface area contributed by atoms with Crippen molar-refractivity contribution in [3.63, 3.8) is 0 Å². The van der Waals surface area contributed by atoms with E-state index in [-0.39, 0.29) is 12.3 Å². The lowest BCUT2D eigenvalue weighted by Gasteiger charge is -2.28. The molecule has 1 rings (SSSR count). The quantitative estimate of drug-likeness (QED) is 0.676. The van der Waals surface area contributed by atoms with Gasteiger partial charge >= 0.3 is 0 Å². The Morgan fingerprint density at radius 3 is 2.46 bits per heavy atom. The van der Waals surface area contributed by atoms with Gasteiger partial charge in [0.15, 0.2) is 0 Å². The van der Waals surface area contributed by atoms with E-state index in [1.165, 1.54) is 0 Å². The highest BCUT2D eigenvalue weighted by atomic mass is 19.3. The van der Waals surface area contributed by atoms with Crippen LogP contribution in [0.3, 0.4) is 0 Å². The van der Waals surface area contributed by atoms with Gasteiger partial charge in [-0.1, -0.05) is 0 Å². The van der Waals surface area contributed by atoms with Crippen LogP contribution >= 0.6 is 0 Å². The molecule has 0 aromatic heterocycles. The summed E-state index contributed by atoms with van der Waals surface area (Å²) in [7, 11) is 0. The molecule has 1 aliphatic rings. The minimum absolute atomic E-state index is 0.0444. The minimum atomic E-state index is -2.20. The molecule has 4 heteroatoms. The zero-order valence-electron chi connectivity index (χ0n) is 7.55. The molecule has 0 radical (unpaired) electrons. The van der Waals surface area contributed by atoms with Crippen LogP contribution in [0.4, 0.5) is 8.78 Å². The number of hydrogen-bond donors (Lipinski definition) is 0. The average Bonchev–Trinajstić information content (AvgIpc) is 2.15. The summed E-state index contributed by atoms with van der Waals surface area (Å²) in [6.07, 6.45) is -0.579. The van der Waals surface area contributed by atoms with Crippen molar-refractivity contribution >= 4 is 0 Å². The predicted octanol–water partition coefficient (Wildman–Crippen LogP) is 1.88. The molecule has 13 heavy (non-hydrogen) atoms. The molecule has 0 aromatic carbocycles. The van der Waals surface area contributed by atoms with Gasteiger partial charge in [0.2, 0.25) is 6.43 Å². The number of hydrogen-bond acceptors (Lipinski definition) is 2. The van der Waals surface area contributed by atoms with E-state index in [4.69, 9.17) is 5.26 Å². The van der Waals surface area contributed by atoms with Crippen LogP contribution < -0.4 is 0 Å². The monoisotopic (exact) mass is 188 g/mol. The van der Waals surface area contributed by atoms with E-state index in [1.54, 1.807) is 0 Å². The number of likely N-dealkylation sites (tertiary alicyclic amines) is 1. The molecule has 2 nitrogen and oxygen atoms in total. The molecule has 0 atom stereocenters. The second-order valence-corrected chi connectivity index (χ2v) is 3.42. The lowest BCUT2D eigenvalue weighted by molar-refractivity contribution is 0.106. The molecule has 1 aliphatic heterocycles. The van der Waals surface area contributed by atoms with E-state index < -0.39 is 6.43 Å². The maximum atomic E-state index is 11.9. The van der Waals surface area contributed by atoms with Crippen molar-refractivity contribution in [2.24, 2.45) is 5.92 Å². The van der Waals surface area contributed by atoms with Crippen LogP contribution in [0.25, 0.3) is 0 Å². The highest BCUT2D eigenvalue weighted by Crippen LogP contribution is 2.16. The van der Waals surface area contributed by atoms with Gasteiger partial charge in [-0.2, -0.15) is 5.26 Å². The number of halogens is 2. The normalized spacial score (nSPS) is 20.5. The molecule has 1 saturated heterocycles. The van der Waals surface area contributed by atoms with E-state index in [1.807, 2.05) is 4.90 Å². The van der Waals surface area contributed by atoms with Crippen LogP contribution in [0.5, 0.6) is 0 Å². The standard InChI is InChI=1S/C9H14F2N2/c10-9(11)3-6-13-4-1-8(7-12)2-5-13/h8-9H,1-6H2. The molecule has 0 amide bonds. The van der Waals surface area contributed by atoms with E-state index in [0.717, 1.165) is 25.9 Å². The summed E-state index contributed by atoms with van der Waals surface area (Å²) in [5, 5.41) is 8.61. The maximum absolute atomic E-state index is 11.9. The molecule has 1 heterocycles. The Kier molecular flexibility index (Phi) is 4.10. The Bertz CT molecular complexity index is 181. The highest BCUT2D eigenvalue weighted by Gasteiger charge is 2.18. The fraction of sp³-hybridized carbons (Fsp3) is 0.889. The highest BCUT2D eigenvalue weighted by molar-refractivity contribution is 4.87. The Morgan fingerprint density at radius 2 is 2.00 bits per heavy atom. The van der Waals surface area contributed by atoms with Crippen LogP contribution in [-0.2, 0) is 0 Å². The molecule has 0 N–H and O–H groups in total. The number of nitrogens with zero attached hydrogens (tertiary/aromatic N) is 2. The van der Waals surface area contributed by atoms with Gasteiger partial charge in [-0.05, 0) is 25.9 Å². The first-order valence-corrected chi connectivity index (χ1v) is 4.62. The van der Waals surface area contributed by atoms with Crippen molar-refractivity contribution in [3.05, 3.63) is 0 Å². The molecule has 0 saturated carbocycles. The van der Waals surface area contributed by atoms with Crippen LogP contribution in [0, 0.1) is 17.2 Å². The molecule has 0 unspecified atom stereocenters. The Hall–Kier alpha value is -0.690. The average molecular weight is 188 g/mol. The van der Waals surface area contributed by atoms with Crippen LogP contribution in [0.2, 0.25) is 0 Å². The maximum Gasteiger partial charge on any atom is 0.239 e. The van der Waals surface area contributed by atoms with Crippen LogP contribution in [0.1, 0.15) is 19.3 Å². The molecule has 0 aliphatic carbocycles. The fourth-order valence-electron chi connectivity index (χ4n) is 1.57. The second kappa shape index (κ2) is 5.13. The third-order valence-electron chi connectivity index (χ3n) is 2.43. The third kappa shape index (κ3) is 3.69. The van der Waals surface area contributed by atoms with Gasteiger partial charge in [0, 0.05) is 18.9 Å². The van der Waals surface area contributed by atoms with E-state index >= 15 is 0 Å². The van der Waals surface area contributed by atoms with Gasteiger partial charge in [-0.15, -0.1) is 0 Å². The van der Waals surface area contributed by atoms with Crippen molar-refractivity contribution in [1.82, 2.24) is 4.90 Å². The first-order valence-electron chi connectivity index (χ1n) is 4.62. The van der Waals surface area contributed by atoms with Gasteiger partial charge in [0.25, 0.3) is 0 Å². The summed E-state index contributed by atoms with van der Waals surface area (Å²) in [5.41, 5.74) is 0. The van der Waals surface area contributed by atoms with Gasteiger partial charge < -0.3 is 4.90 Å². The summed E-state index contributed by atoms with van der Waals surface area (Å²) in [4.78, 5) is 2.01. The first-order chi connectivity index (χ1) is 6.22. The largest absolute Gasteiger partial charge is 0.303 e. The van der Waals surface area contributed by atoms with Gasteiger partial charge in [0.05, 0.1) is 6.07 Å². The topological polar surface area (TPSA) is 27.0 Å². The van der Waals surface area contributed by atoms with Crippen molar-refractivity contribution in [1.29, 1.82) is 5.26 Å². The Labute approximate surface area is 77.1 Å². The molecule has 74 valence electrons. The number of rotatable bonds is 3. The van der Waals surface area contributed by atoms with Crippen molar-refractivity contribution < 1.29 is 8.78 Å². The fourth-order valence-corrected chi connectivity index (χ4v) is 1.57. The Morgan fingerprint density at radius 1 is 1.38 bits per heavy atom. The molecular weight excluding hydrogens is 174 g/mol. The molecule has 1 fully saturated rings. The smallest absolute Gasteiger partial charge is 0.239 e. The molecule has 0 bridgehead atoms. The van der Waals surface area contributed by atoms with Crippen molar-refractivity contribution in [2.45, 2.75) is 25.7 Å². The second-order valence-electron chi connectivity index (χ2n) is 3.42. The molecular formula is C9H14F2N2. The summed E-state index contributed by atoms with van der Waals surface area (Å²) < 4.78 is 23.7. The minimum Gasteiger partial charge on any atom is -0.303 e. The van der Waals surface area contributed by atoms with Crippen LogP contribution in [-0.4, -0.2) is 31.0 Å². The van der Waals surface area contributed by atoms with E-state index in [9.17, 15) is 8.78 Å².